The highest BCUT2D eigenvalue weighted by Gasteiger charge is 2.21. The topological polar surface area (TPSA) is 59.1 Å². The molecule has 17 heavy (non-hydrogen) atoms. The molecule has 2 rings (SSSR count). The minimum absolute atomic E-state index is 0.0857. The molecule has 2 heterocycles. The van der Waals surface area contributed by atoms with Gasteiger partial charge in [-0.15, -0.1) is 11.3 Å². The maximum atomic E-state index is 13.3. The SMILES string of the molecule is O=S(=O)(Nc1ncccc1F)c1sccc1Br. The number of sulfonamides is 1. The van der Waals surface area contributed by atoms with Gasteiger partial charge in [-0.05, 0) is 39.5 Å². The molecule has 0 aliphatic carbocycles. The Kier molecular flexibility index (Phi) is 3.45. The maximum Gasteiger partial charge on any atom is 0.273 e. The van der Waals surface area contributed by atoms with Gasteiger partial charge in [0.15, 0.2) is 15.8 Å². The van der Waals surface area contributed by atoms with E-state index in [1.54, 1.807) is 11.4 Å². The van der Waals surface area contributed by atoms with Gasteiger partial charge in [-0.25, -0.2) is 17.8 Å². The zero-order valence-corrected chi connectivity index (χ0v) is 11.4. The summed E-state index contributed by atoms with van der Waals surface area (Å²) in [5, 5.41) is 1.62. The minimum atomic E-state index is -3.80. The molecule has 0 saturated heterocycles. The van der Waals surface area contributed by atoms with E-state index in [4.69, 9.17) is 0 Å². The first-order valence-electron chi connectivity index (χ1n) is 4.37. The second kappa shape index (κ2) is 4.71. The fourth-order valence-electron chi connectivity index (χ4n) is 1.11. The Labute approximate surface area is 110 Å². The molecule has 1 N–H and O–H groups in total. The molecule has 0 spiro atoms. The summed E-state index contributed by atoms with van der Waals surface area (Å²) < 4.78 is 39.7. The van der Waals surface area contributed by atoms with E-state index in [-0.39, 0.29) is 10.0 Å². The molecule has 0 bridgehead atoms. The van der Waals surface area contributed by atoms with E-state index in [9.17, 15) is 12.8 Å². The van der Waals surface area contributed by atoms with Gasteiger partial charge in [-0.1, -0.05) is 0 Å². The zero-order valence-electron chi connectivity index (χ0n) is 8.22. The number of rotatable bonds is 3. The molecule has 0 fully saturated rings. The second-order valence-corrected chi connectivity index (χ2v) is 6.64. The van der Waals surface area contributed by atoms with Crippen LogP contribution < -0.4 is 4.72 Å². The van der Waals surface area contributed by atoms with E-state index in [1.165, 1.54) is 12.3 Å². The average Bonchev–Trinajstić information content (AvgIpc) is 2.68. The molecule has 2 aromatic heterocycles. The Morgan fingerprint density at radius 1 is 1.41 bits per heavy atom. The van der Waals surface area contributed by atoms with Gasteiger partial charge in [0.05, 0.1) is 0 Å². The summed E-state index contributed by atoms with van der Waals surface area (Å²) in [6.07, 6.45) is 1.31. The van der Waals surface area contributed by atoms with Gasteiger partial charge >= 0.3 is 0 Å². The molecular formula is C9H6BrFN2O2S2. The summed E-state index contributed by atoms with van der Waals surface area (Å²) in [5.41, 5.74) is 0. The smallest absolute Gasteiger partial charge is 0.260 e. The molecule has 0 aromatic carbocycles. The summed E-state index contributed by atoms with van der Waals surface area (Å²) in [4.78, 5) is 3.63. The molecule has 0 aliphatic heterocycles. The van der Waals surface area contributed by atoms with Crippen LogP contribution in [-0.2, 0) is 10.0 Å². The quantitative estimate of drug-likeness (QED) is 0.937. The maximum absolute atomic E-state index is 13.3. The van der Waals surface area contributed by atoms with E-state index in [0.717, 1.165) is 17.4 Å². The lowest BCUT2D eigenvalue weighted by Gasteiger charge is -2.06. The van der Waals surface area contributed by atoms with E-state index in [2.05, 4.69) is 25.6 Å². The van der Waals surface area contributed by atoms with Gasteiger partial charge in [0.1, 0.15) is 0 Å². The summed E-state index contributed by atoms with van der Waals surface area (Å²) in [6, 6.07) is 4.12. The van der Waals surface area contributed by atoms with Crippen LogP contribution in [0.15, 0.2) is 38.5 Å². The van der Waals surface area contributed by atoms with Gasteiger partial charge in [0, 0.05) is 10.7 Å². The first-order chi connectivity index (χ1) is 8.00. The monoisotopic (exact) mass is 336 g/mol. The average molecular weight is 337 g/mol. The molecule has 0 radical (unpaired) electrons. The van der Waals surface area contributed by atoms with E-state index < -0.39 is 15.8 Å². The van der Waals surface area contributed by atoms with Crippen LogP contribution in [0, 0.1) is 5.82 Å². The van der Waals surface area contributed by atoms with Crippen LogP contribution in [0.3, 0.4) is 0 Å². The lowest BCUT2D eigenvalue weighted by Crippen LogP contribution is -2.14. The Morgan fingerprint density at radius 3 is 2.76 bits per heavy atom. The number of hydrogen-bond acceptors (Lipinski definition) is 4. The van der Waals surface area contributed by atoms with E-state index in [0.29, 0.717) is 4.47 Å². The highest BCUT2D eigenvalue weighted by molar-refractivity contribution is 9.10. The highest BCUT2D eigenvalue weighted by Crippen LogP contribution is 2.29. The third-order valence-corrected chi connectivity index (χ3v) is 5.83. The Morgan fingerprint density at radius 2 is 2.18 bits per heavy atom. The van der Waals surface area contributed by atoms with Crippen LogP contribution in [0.4, 0.5) is 10.2 Å². The van der Waals surface area contributed by atoms with Crippen molar-refractivity contribution in [2.75, 3.05) is 4.72 Å². The number of aromatic nitrogens is 1. The van der Waals surface area contributed by atoms with Crippen molar-refractivity contribution in [2.45, 2.75) is 4.21 Å². The molecule has 2 aromatic rings. The first-order valence-corrected chi connectivity index (χ1v) is 7.52. The summed E-state index contributed by atoms with van der Waals surface area (Å²) in [5.74, 6) is -1.03. The Bertz CT molecular complexity index is 642. The number of pyridine rings is 1. The van der Waals surface area contributed by atoms with Crippen molar-refractivity contribution < 1.29 is 12.8 Å². The van der Waals surface area contributed by atoms with Crippen molar-refractivity contribution in [3.63, 3.8) is 0 Å². The number of halogens is 2. The number of anilines is 1. The summed E-state index contributed by atoms with van der Waals surface area (Å²) in [7, 11) is -3.80. The molecule has 8 heteroatoms. The van der Waals surface area contributed by atoms with Crippen LogP contribution in [0.1, 0.15) is 0 Å². The van der Waals surface area contributed by atoms with Crippen LogP contribution in [0.2, 0.25) is 0 Å². The van der Waals surface area contributed by atoms with Crippen molar-refractivity contribution in [1.29, 1.82) is 0 Å². The van der Waals surface area contributed by atoms with Crippen molar-refractivity contribution in [3.8, 4) is 0 Å². The summed E-state index contributed by atoms with van der Waals surface area (Å²) in [6.45, 7) is 0. The molecule has 0 unspecified atom stereocenters. The fraction of sp³-hybridized carbons (Fsp3) is 0. The number of nitrogens with one attached hydrogen (secondary N) is 1. The van der Waals surface area contributed by atoms with Crippen LogP contribution in [0.5, 0.6) is 0 Å². The predicted molar refractivity (Wildman–Crippen MR) is 67.0 cm³/mol. The standard InChI is InChI=1S/C9H6BrFN2O2S2/c10-6-3-5-16-9(6)17(14,15)13-8-7(11)2-1-4-12-8/h1-5H,(H,12,13). The summed E-state index contributed by atoms with van der Waals surface area (Å²) >= 11 is 4.15. The van der Waals surface area contributed by atoms with Gasteiger partial charge < -0.3 is 0 Å². The third kappa shape index (κ3) is 2.64. The second-order valence-electron chi connectivity index (χ2n) is 3.00. The van der Waals surface area contributed by atoms with Gasteiger partial charge in [-0.3, -0.25) is 4.72 Å². The van der Waals surface area contributed by atoms with Crippen molar-refractivity contribution in [1.82, 2.24) is 4.98 Å². The van der Waals surface area contributed by atoms with E-state index in [1.807, 2.05) is 0 Å². The number of nitrogens with zero attached hydrogens (tertiary/aromatic N) is 1. The first kappa shape index (κ1) is 12.5. The van der Waals surface area contributed by atoms with Crippen molar-refractivity contribution >= 4 is 43.1 Å². The third-order valence-electron chi connectivity index (χ3n) is 1.82. The molecule has 0 saturated carbocycles. The predicted octanol–water partition coefficient (Wildman–Crippen LogP) is 2.85. The molecule has 90 valence electrons. The van der Waals surface area contributed by atoms with E-state index >= 15 is 0 Å². The normalized spacial score (nSPS) is 11.4. The molecule has 0 amide bonds. The Hall–Kier alpha value is -0.990. The fourth-order valence-corrected chi connectivity index (χ4v) is 4.46. The zero-order chi connectivity index (χ0) is 12.5. The van der Waals surface area contributed by atoms with Crippen LogP contribution >= 0.6 is 27.3 Å². The number of thiophene rings is 1. The lowest BCUT2D eigenvalue weighted by molar-refractivity contribution is 0.599. The largest absolute Gasteiger partial charge is 0.273 e. The molecule has 0 atom stereocenters. The van der Waals surface area contributed by atoms with Gasteiger partial charge in [-0.2, -0.15) is 0 Å². The molecule has 0 aliphatic rings. The molecule has 4 nitrogen and oxygen atoms in total. The number of hydrogen-bond donors (Lipinski definition) is 1. The molecular weight excluding hydrogens is 331 g/mol. The van der Waals surface area contributed by atoms with Gasteiger partial charge in [0.2, 0.25) is 0 Å². The van der Waals surface area contributed by atoms with Crippen LogP contribution in [-0.4, -0.2) is 13.4 Å². The minimum Gasteiger partial charge on any atom is -0.260 e. The van der Waals surface area contributed by atoms with Gasteiger partial charge in [0.25, 0.3) is 10.0 Å². The lowest BCUT2D eigenvalue weighted by atomic mass is 10.4. The highest BCUT2D eigenvalue weighted by atomic mass is 79.9. The van der Waals surface area contributed by atoms with Crippen molar-refractivity contribution in [3.05, 3.63) is 40.1 Å². The van der Waals surface area contributed by atoms with Crippen LogP contribution in [0.25, 0.3) is 0 Å². The Balaban J connectivity index is 2.37. The van der Waals surface area contributed by atoms with Crippen molar-refractivity contribution in [2.24, 2.45) is 0 Å².